The van der Waals surface area contributed by atoms with Crippen molar-refractivity contribution in [3.63, 3.8) is 0 Å². The zero-order valence-electron chi connectivity index (χ0n) is 11.3. The smallest absolute Gasteiger partial charge is 0.340 e. The highest BCUT2D eigenvalue weighted by Gasteiger charge is 2.13. The van der Waals surface area contributed by atoms with Crippen LogP contribution < -0.4 is 5.32 Å². The second-order valence-electron chi connectivity index (χ2n) is 5.42. The summed E-state index contributed by atoms with van der Waals surface area (Å²) in [5, 5.41) is 3.17. The zero-order chi connectivity index (χ0) is 13.8. The molecule has 0 saturated carbocycles. The summed E-state index contributed by atoms with van der Waals surface area (Å²) in [6.07, 6.45) is 0.984. The van der Waals surface area contributed by atoms with Crippen molar-refractivity contribution in [2.45, 2.75) is 27.2 Å². The number of halogens is 1. The van der Waals surface area contributed by atoms with Crippen LogP contribution in [0.2, 0.25) is 0 Å². The second kappa shape index (κ2) is 5.85. The number of nitrogens with one attached hydrogen (secondary N) is 1. The number of methoxy groups -OCH3 is 1. The minimum Gasteiger partial charge on any atom is -0.465 e. The monoisotopic (exact) mass is 253 g/mol. The average molecular weight is 253 g/mol. The van der Waals surface area contributed by atoms with Crippen LogP contribution in [0.25, 0.3) is 0 Å². The van der Waals surface area contributed by atoms with Gasteiger partial charge in [-0.05, 0) is 30.0 Å². The van der Waals surface area contributed by atoms with Gasteiger partial charge in [-0.25, -0.2) is 9.18 Å². The van der Waals surface area contributed by atoms with Gasteiger partial charge in [-0.1, -0.05) is 20.8 Å². The van der Waals surface area contributed by atoms with Crippen molar-refractivity contribution in [2.24, 2.45) is 5.41 Å². The highest BCUT2D eigenvalue weighted by molar-refractivity contribution is 5.90. The lowest BCUT2D eigenvalue weighted by Crippen LogP contribution is -2.13. The predicted octanol–water partition coefficient (Wildman–Crippen LogP) is 3.46. The number of hydrogen-bond acceptors (Lipinski definition) is 3. The molecule has 100 valence electrons. The molecule has 1 aromatic carbocycles. The number of hydrogen-bond donors (Lipinski definition) is 1. The van der Waals surface area contributed by atoms with Gasteiger partial charge in [-0.15, -0.1) is 0 Å². The van der Waals surface area contributed by atoms with Gasteiger partial charge in [-0.2, -0.15) is 0 Å². The van der Waals surface area contributed by atoms with Crippen LogP contribution in [0.1, 0.15) is 37.6 Å². The Morgan fingerprint density at radius 1 is 1.39 bits per heavy atom. The van der Waals surface area contributed by atoms with Crippen LogP contribution >= 0.6 is 0 Å². The number of carbonyl (C=O) groups is 1. The molecule has 0 saturated heterocycles. The van der Waals surface area contributed by atoms with Crippen LogP contribution in [0.3, 0.4) is 0 Å². The first kappa shape index (κ1) is 14.5. The van der Waals surface area contributed by atoms with Crippen LogP contribution in [-0.2, 0) is 4.74 Å². The number of ether oxygens (including phenoxy) is 1. The Balaban J connectivity index is 2.71. The summed E-state index contributed by atoms with van der Waals surface area (Å²) in [4.78, 5) is 11.3. The molecule has 0 atom stereocenters. The molecule has 18 heavy (non-hydrogen) atoms. The molecule has 0 amide bonds. The van der Waals surface area contributed by atoms with Gasteiger partial charge in [0, 0.05) is 12.2 Å². The van der Waals surface area contributed by atoms with E-state index in [-0.39, 0.29) is 11.0 Å². The fourth-order valence-electron chi connectivity index (χ4n) is 1.48. The molecule has 0 heterocycles. The van der Waals surface area contributed by atoms with E-state index in [1.165, 1.54) is 19.2 Å². The Bertz CT molecular complexity index is 424. The first-order chi connectivity index (χ1) is 8.33. The van der Waals surface area contributed by atoms with E-state index in [1.807, 2.05) is 0 Å². The molecule has 0 radical (unpaired) electrons. The molecule has 1 rings (SSSR count). The molecule has 0 aromatic heterocycles. The van der Waals surface area contributed by atoms with E-state index in [2.05, 4.69) is 30.8 Å². The summed E-state index contributed by atoms with van der Waals surface area (Å²) in [5.74, 6) is -1.23. The van der Waals surface area contributed by atoms with Crippen LogP contribution in [0.15, 0.2) is 18.2 Å². The van der Waals surface area contributed by atoms with Crippen molar-refractivity contribution in [3.05, 3.63) is 29.6 Å². The summed E-state index contributed by atoms with van der Waals surface area (Å²) in [5.41, 5.74) is 0.914. The SMILES string of the molecule is COC(=O)c1cc(NCCC(C)(C)C)ccc1F. The van der Waals surface area contributed by atoms with Crippen molar-refractivity contribution in [2.75, 3.05) is 19.0 Å². The van der Waals surface area contributed by atoms with Crippen molar-refractivity contribution < 1.29 is 13.9 Å². The molecular weight excluding hydrogens is 233 g/mol. The molecule has 0 spiro atoms. The largest absolute Gasteiger partial charge is 0.465 e. The van der Waals surface area contributed by atoms with E-state index in [4.69, 9.17) is 0 Å². The summed E-state index contributed by atoms with van der Waals surface area (Å²) in [7, 11) is 1.24. The van der Waals surface area contributed by atoms with E-state index in [9.17, 15) is 9.18 Å². The molecule has 1 N–H and O–H groups in total. The minimum atomic E-state index is -0.660. The number of rotatable bonds is 4. The van der Waals surface area contributed by atoms with Crippen molar-refractivity contribution >= 4 is 11.7 Å². The number of esters is 1. The lowest BCUT2D eigenvalue weighted by Gasteiger charge is -2.18. The topological polar surface area (TPSA) is 38.3 Å². The maximum absolute atomic E-state index is 13.4. The summed E-state index contributed by atoms with van der Waals surface area (Å²) in [6, 6.07) is 4.36. The normalized spacial score (nSPS) is 11.2. The molecule has 0 aliphatic heterocycles. The molecule has 0 bridgehead atoms. The third-order valence-electron chi connectivity index (χ3n) is 2.58. The molecule has 3 nitrogen and oxygen atoms in total. The van der Waals surface area contributed by atoms with Crippen LogP contribution in [0, 0.1) is 11.2 Å². The molecule has 0 aliphatic carbocycles. The number of anilines is 1. The highest BCUT2D eigenvalue weighted by Crippen LogP contribution is 2.20. The lowest BCUT2D eigenvalue weighted by atomic mass is 9.92. The molecule has 0 aliphatic rings. The predicted molar refractivity (Wildman–Crippen MR) is 70.3 cm³/mol. The fourth-order valence-corrected chi connectivity index (χ4v) is 1.48. The highest BCUT2D eigenvalue weighted by atomic mass is 19.1. The number of carbonyl (C=O) groups excluding carboxylic acids is 1. The standard InChI is InChI=1S/C14H20FNO2/c1-14(2,3)7-8-16-10-5-6-12(15)11(9-10)13(17)18-4/h5-6,9,16H,7-8H2,1-4H3. The first-order valence-electron chi connectivity index (χ1n) is 5.95. The van der Waals surface area contributed by atoms with Crippen molar-refractivity contribution in [1.82, 2.24) is 0 Å². The van der Waals surface area contributed by atoms with Gasteiger partial charge < -0.3 is 10.1 Å². The van der Waals surface area contributed by atoms with Crippen LogP contribution in [0.4, 0.5) is 10.1 Å². The van der Waals surface area contributed by atoms with E-state index >= 15 is 0 Å². The third-order valence-corrected chi connectivity index (χ3v) is 2.58. The van der Waals surface area contributed by atoms with Gasteiger partial charge in [0.15, 0.2) is 0 Å². The minimum absolute atomic E-state index is 0.0433. The summed E-state index contributed by atoms with van der Waals surface area (Å²) >= 11 is 0. The van der Waals surface area contributed by atoms with E-state index < -0.39 is 11.8 Å². The summed E-state index contributed by atoms with van der Waals surface area (Å²) < 4.78 is 17.9. The third kappa shape index (κ3) is 4.35. The van der Waals surface area contributed by atoms with E-state index in [0.717, 1.165) is 18.7 Å². The Labute approximate surface area is 107 Å². The lowest BCUT2D eigenvalue weighted by molar-refractivity contribution is 0.0595. The second-order valence-corrected chi connectivity index (χ2v) is 5.42. The zero-order valence-corrected chi connectivity index (χ0v) is 11.3. The van der Waals surface area contributed by atoms with Gasteiger partial charge in [-0.3, -0.25) is 0 Å². The Kier molecular flexibility index (Phi) is 4.70. The molecule has 0 fully saturated rings. The van der Waals surface area contributed by atoms with E-state index in [0.29, 0.717) is 0 Å². The van der Waals surface area contributed by atoms with Crippen molar-refractivity contribution in [1.29, 1.82) is 0 Å². The quantitative estimate of drug-likeness (QED) is 0.835. The van der Waals surface area contributed by atoms with Gasteiger partial charge >= 0.3 is 5.97 Å². The molecule has 1 aromatic rings. The van der Waals surface area contributed by atoms with Gasteiger partial charge in [0.2, 0.25) is 0 Å². The molecule has 0 unspecified atom stereocenters. The maximum Gasteiger partial charge on any atom is 0.340 e. The van der Waals surface area contributed by atoms with E-state index in [1.54, 1.807) is 6.07 Å². The van der Waals surface area contributed by atoms with Gasteiger partial charge in [0.05, 0.1) is 12.7 Å². The first-order valence-corrected chi connectivity index (χ1v) is 5.95. The average Bonchev–Trinajstić information content (AvgIpc) is 2.28. The van der Waals surface area contributed by atoms with Gasteiger partial charge in [0.1, 0.15) is 5.82 Å². The maximum atomic E-state index is 13.4. The number of benzene rings is 1. The van der Waals surface area contributed by atoms with Gasteiger partial charge in [0.25, 0.3) is 0 Å². The molecular formula is C14H20FNO2. The van der Waals surface area contributed by atoms with Crippen molar-refractivity contribution in [3.8, 4) is 0 Å². The Morgan fingerprint density at radius 3 is 2.61 bits per heavy atom. The summed E-state index contributed by atoms with van der Waals surface area (Å²) in [6.45, 7) is 7.23. The fraction of sp³-hybridized carbons (Fsp3) is 0.500. The molecule has 4 heteroatoms. The van der Waals surface area contributed by atoms with Crippen LogP contribution in [0.5, 0.6) is 0 Å². The Hall–Kier alpha value is -1.58. The Morgan fingerprint density at radius 2 is 2.06 bits per heavy atom. The van der Waals surface area contributed by atoms with Crippen LogP contribution in [-0.4, -0.2) is 19.6 Å².